The Morgan fingerprint density at radius 1 is 1.31 bits per heavy atom. The molecule has 0 aromatic heterocycles. The average molecular weight is 184 g/mol. The summed E-state index contributed by atoms with van der Waals surface area (Å²) in [5.41, 5.74) is 0. The molecule has 2 nitrogen and oxygen atoms in total. The van der Waals surface area contributed by atoms with E-state index in [1.807, 2.05) is 0 Å². The molecule has 0 aromatic carbocycles. The summed E-state index contributed by atoms with van der Waals surface area (Å²) in [5.74, 6) is 0. The summed E-state index contributed by atoms with van der Waals surface area (Å²) >= 11 is 0. The van der Waals surface area contributed by atoms with Crippen molar-refractivity contribution >= 4 is 0 Å². The molecule has 0 saturated heterocycles. The van der Waals surface area contributed by atoms with Gasteiger partial charge in [-0.25, -0.2) is 0 Å². The van der Waals surface area contributed by atoms with Crippen molar-refractivity contribution < 1.29 is 0 Å². The van der Waals surface area contributed by atoms with E-state index in [2.05, 4.69) is 31.0 Å². The van der Waals surface area contributed by atoms with Gasteiger partial charge >= 0.3 is 0 Å². The second kappa shape index (κ2) is 5.61. The first-order valence-electron chi connectivity index (χ1n) is 5.71. The summed E-state index contributed by atoms with van der Waals surface area (Å²) in [5, 5.41) is 3.56. The third kappa shape index (κ3) is 4.63. The van der Waals surface area contributed by atoms with Gasteiger partial charge in [0, 0.05) is 25.2 Å². The molecule has 0 bridgehead atoms. The third-order valence-electron chi connectivity index (χ3n) is 2.65. The number of nitrogens with one attached hydrogen (secondary N) is 1. The minimum Gasteiger partial charge on any atom is -0.313 e. The summed E-state index contributed by atoms with van der Waals surface area (Å²) in [6.45, 7) is 10.4. The molecule has 0 radical (unpaired) electrons. The Kier molecular flexibility index (Phi) is 4.74. The van der Waals surface area contributed by atoms with Crippen LogP contribution in [-0.4, -0.2) is 36.6 Å². The van der Waals surface area contributed by atoms with E-state index in [4.69, 9.17) is 0 Å². The Balaban J connectivity index is 2.05. The van der Waals surface area contributed by atoms with Gasteiger partial charge in [0.25, 0.3) is 0 Å². The molecule has 1 fully saturated rings. The molecule has 78 valence electrons. The highest BCUT2D eigenvalue weighted by Gasteiger charge is 2.20. The Morgan fingerprint density at radius 2 is 2.00 bits per heavy atom. The third-order valence-corrected chi connectivity index (χ3v) is 2.65. The van der Waals surface area contributed by atoms with Crippen LogP contribution in [0.3, 0.4) is 0 Å². The van der Waals surface area contributed by atoms with Crippen LogP contribution in [0.4, 0.5) is 0 Å². The van der Waals surface area contributed by atoms with Gasteiger partial charge in [-0.3, -0.25) is 4.90 Å². The zero-order chi connectivity index (χ0) is 9.68. The van der Waals surface area contributed by atoms with Crippen LogP contribution in [0.25, 0.3) is 0 Å². The van der Waals surface area contributed by atoms with E-state index in [9.17, 15) is 0 Å². The maximum Gasteiger partial charge on any atom is 0.0110 e. The standard InChI is InChI=1S/C11H24N2/c1-4-8-13(10(2)3)9-7-12-11-5-6-11/h10-12H,4-9H2,1-3H3. The smallest absolute Gasteiger partial charge is 0.0110 e. The van der Waals surface area contributed by atoms with E-state index in [1.54, 1.807) is 0 Å². The second-order valence-corrected chi connectivity index (χ2v) is 4.36. The fourth-order valence-corrected chi connectivity index (χ4v) is 1.62. The van der Waals surface area contributed by atoms with Gasteiger partial charge in [0.1, 0.15) is 0 Å². The highest BCUT2D eigenvalue weighted by atomic mass is 15.2. The molecule has 0 heterocycles. The molecule has 13 heavy (non-hydrogen) atoms. The number of nitrogens with zero attached hydrogens (tertiary/aromatic N) is 1. The van der Waals surface area contributed by atoms with Gasteiger partial charge in [0.15, 0.2) is 0 Å². The highest BCUT2D eigenvalue weighted by Crippen LogP contribution is 2.18. The quantitative estimate of drug-likeness (QED) is 0.649. The van der Waals surface area contributed by atoms with Crippen LogP contribution in [0, 0.1) is 0 Å². The van der Waals surface area contributed by atoms with Gasteiger partial charge in [-0.15, -0.1) is 0 Å². The molecule has 1 rings (SSSR count). The van der Waals surface area contributed by atoms with Gasteiger partial charge in [0.05, 0.1) is 0 Å². The molecule has 1 aliphatic rings. The van der Waals surface area contributed by atoms with Crippen molar-refractivity contribution in [1.29, 1.82) is 0 Å². The van der Waals surface area contributed by atoms with E-state index >= 15 is 0 Å². The first-order valence-corrected chi connectivity index (χ1v) is 5.71. The number of hydrogen-bond donors (Lipinski definition) is 1. The summed E-state index contributed by atoms with van der Waals surface area (Å²) in [4.78, 5) is 2.55. The van der Waals surface area contributed by atoms with E-state index < -0.39 is 0 Å². The average Bonchev–Trinajstić information content (AvgIpc) is 2.86. The largest absolute Gasteiger partial charge is 0.313 e. The second-order valence-electron chi connectivity index (χ2n) is 4.36. The van der Waals surface area contributed by atoms with Crippen molar-refractivity contribution in [3.8, 4) is 0 Å². The predicted octanol–water partition coefficient (Wildman–Crippen LogP) is 1.86. The van der Waals surface area contributed by atoms with Gasteiger partial charge in [-0.05, 0) is 39.7 Å². The van der Waals surface area contributed by atoms with E-state index in [0.29, 0.717) is 6.04 Å². The maximum absolute atomic E-state index is 3.56. The van der Waals surface area contributed by atoms with Crippen LogP contribution in [-0.2, 0) is 0 Å². The van der Waals surface area contributed by atoms with Crippen LogP contribution in [0.2, 0.25) is 0 Å². The van der Waals surface area contributed by atoms with Crippen molar-refractivity contribution in [2.45, 2.75) is 52.1 Å². The van der Waals surface area contributed by atoms with Crippen molar-refractivity contribution in [2.24, 2.45) is 0 Å². The molecular weight excluding hydrogens is 160 g/mol. The Hall–Kier alpha value is -0.0800. The zero-order valence-electron chi connectivity index (χ0n) is 9.34. The lowest BCUT2D eigenvalue weighted by molar-refractivity contribution is 0.222. The van der Waals surface area contributed by atoms with Crippen molar-refractivity contribution in [2.75, 3.05) is 19.6 Å². The molecule has 1 N–H and O–H groups in total. The molecule has 0 amide bonds. The summed E-state index contributed by atoms with van der Waals surface area (Å²) in [6.07, 6.45) is 4.06. The molecule has 0 spiro atoms. The molecular formula is C11H24N2. The number of rotatable bonds is 7. The van der Waals surface area contributed by atoms with Crippen LogP contribution in [0.5, 0.6) is 0 Å². The topological polar surface area (TPSA) is 15.3 Å². The van der Waals surface area contributed by atoms with Crippen molar-refractivity contribution in [1.82, 2.24) is 10.2 Å². The number of hydrogen-bond acceptors (Lipinski definition) is 2. The summed E-state index contributed by atoms with van der Waals surface area (Å²) in [6, 6.07) is 1.55. The zero-order valence-corrected chi connectivity index (χ0v) is 9.34. The van der Waals surface area contributed by atoms with Crippen LogP contribution < -0.4 is 5.32 Å². The van der Waals surface area contributed by atoms with Gasteiger partial charge in [-0.1, -0.05) is 6.92 Å². The van der Waals surface area contributed by atoms with Gasteiger partial charge < -0.3 is 5.32 Å². The fraction of sp³-hybridized carbons (Fsp3) is 1.00. The fourth-order valence-electron chi connectivity index (χ4n) is 1.62. The molecule has 0 unspecified atom stereocenters. The molecule has 0 atom stereocenters. The molecule has 1 saturated carbocycles. The lowest BCUT2D eigenvalue weighted by Crippen LogP contribution is -2.37. The van der Waals surface area contributed by atoms with Crippen molar-refractivity contribution in [3.05, 3.63) is 0 Å². The predicted molar refractivity (Wildman–Crippen MR) is 58.0 cm³/mol. The molecule has 0 aromatic rings. The Morgan fingerprint density at radius 3 is 2.46 bits per heavy atom. The van der Waals surface area contributed by atoms with Crippen molar-refractivity contribution in [3.63, 3.8) is 0 Å². The monoisotopic (exact) mass is 184 g/mol. The van der Waals surface area contributed by atoms with Crippen LogP contribution >= 0.6 is 0 Å². The minimum absolute atomic E-state index is 0.695. The summed E-state index contributed by atoms with van der Waals surface area (Å²) in [7, 11) is 0. The van der Waals surface area contributed by atoms with Crippen LogP contribution in [0.1, 0.15) is 40.0 Å². The van der Waals surface area contributed by atoms with Gasteiger partial charge in [0.2, 0.25) is 0 Å². The lowest BCUT2D eigenvalue weighted by atomic mass is 10.3. The maximum atomic E-state index is 3.56. The van der Waals surface area contributed by atoms with E-state index in [0.717, 1.165) is 6.04 Å². The van der Waals surface area contributed by atoms with Gasteiger partial charge in [-0.2, -0.15) is 0 Å². The normalized spacial score (nSPS) is 17.3. The first kappa shape index (κ1) is 11.0. The Bertz CT molecular complexity index is 130. The molecule has 0 aliphatic heterocycles. The van der Waals surface area contributed by atoms with E-state index in [-0.39, 0.29) is 0 Å². The Labute approximate surface area is 82.7 Å². The molecule has 1 aliphatic carbocycles. The van der Waals surface area contributed by atoms with Crippen LogP contribution in [0.15, 0.2) is 0 Å². The SMILES string of the molecule is CCCN(CCNC1CC1)C(C)C. The highest BCUT2D eigenvalue weighted by molar-refractivity contribution is 4.81. The lowest BCUT2D eigenvalue weighted by Gasteiger charge is -2.25. The first-order chi connectivity index (χ1) is 6.24. The summed E-state index contributed by atoms with van der Waals surface area (Å²) < 4.78 is 0. The molecule has 2 heteroatoms. The van der Waals surface area contributed by atoms with E-state index in [1.165, 1.54) is 38.9 Å². The minimum atomic E-state index is 0.695.